The summed E-state index contributed by atoms with van der Waals surface area (Å²) in [6.07, 6.45) is 1.42. The van der Waals surface area contributed by atoms with Gasteiger partial charge in [0.1, 0.15) is 0 Å². The Hall–Kier alpha value is -1.56. The quantitative estimate of drug-likeness (QED) is 0.775. The molecule has 7 heteroatoms. The van der Waals surface area contributed by atoms with Gasteiger partial charge in [0.05, 0.1) is 18.4 Å². The second-order valence-corrected chi connectivity index (χ2v) is 4.33. The molecule has 1 rings (SSSR count). The van der Waals surface area contributed by atoms with Crippen LogP contribution in [0.2, 0.25) is 5.28 Å². The maximum Gasteiger partial charge on any atom is 0.239 e. The van der Waals surface area contributed by atoms with Gasteiger partial charge < -0.3 is 16.0 Å². The smallest absolute Gasteiger partial charge is 0.239 e. The van der Waals surface area contributed by atoms with E-state index >= 15 is 0 Å². The van der Waals surface area contributed by atoms with Gasteiger partial charge in [-0.25, -0.2) is 4.98 Å². The molecule has 3 N–H and O–H groups in total. The van der Waals surface area contributed by atoms with E-state index in [1.54, 1.807) is 11.9 Å². The summed E-state index contributed by atoms with van der Waals surface area (Å²) < 4.78 is 0. The largest absolute Gasteiger partial charge is 0.394 e. The van der Waals surface area contributed by atoms with Crippen molar-refractivity contribution in [3.05, 3.63) is 11.5 Å². The highest BCUT2D eigenvalue weighted by atomic mass is 35.5. The summed E-state index contributed by atoms with van der Waals surface area (Å²) in [6, 6.07) is 0.0993. The highest BCUT2D eigenvalue weighted by Gasteiger charge is 2.12. The maximum absolute atomic E-state index is 11.6. The summed E-state index contributed by atoms with van der Waals surface area (Å²) in [5.74, 6) is 0.348. The van der Waals surface area contributed by atoms with Gasteiger partial charge in [0, 0.05) is 13.1 Å². The average Bonchev–Trinajstić information content (AvgIpc) is 2.20. The fourth-order valence-corrected chi connectivity index (χ4v) is 1.45. The molecule has 0 unspecified atom stereocenters. The summed E-state index contributed by atoms with van der Waals surface area (Å²) in [4.78, 5) is 20.9. The average molecular weight is 258 g/mol. The van der Waals surface area contributed by atoms with Crippen LogP contribution in [0.5, 0.6) is 0 Å². The minimum absolute atomic E-state index is 0.0993. The molecule has 0 aliphatic carbocycles. The lowest BCUT2D eigenvalue weighted by Gasteiger charge is -2.19. The Balaban J connectivity index is 2.72. The molecule has 1 amide bonds. The van der Waals surface area contributed by atoms with Gasteiger partial charge >= 0.3 is 0 Å². The Bertz CT molecular complexity index is 410. The van der Waals surface area contributed by atoms with Crippen molar-refractivity contribution in [2.45, 2.75) is 19.9 Å². The van der Waals surface area contributed by atoms with E-state index in [9.17, 15) is 4.79 Å². The van der Waals surface area contributed by atoms with E-state index in [4.69, 9.17) is 17.3 Å². The molecule has 0 bridgehead atoms. The lowest BCUT2D eigenvalue weighted by Crippen LogP contribution is -2.39. The van der Waals surface area contributed by atoms with Crippen LogP contribution in [-0.4, -0.2) is 35.5 Å². The van der Waals surface area contributed by atoms with Gasteiger partial charge in [0.15, 0.2) is 5.82 Å². The number of carbonyl (C=O) groups excluding carboxylic acids is 1. The normalized spacial score (nSPS) is 10.4. The van der Waals surface area contributed by atoms with Gasteiger partial charge in [-0.1, -0.05) is 0 Å². The summed E-state index contributed by atoms with van der Waals surface area (Å²) >= 11 is 5.68. The lowest BCUT2D eigenvalue weighted by atomic mass is 10.3. The van der Waals surface area contributed by atoms with Crippen LogP contribution in [-0.2, 0) is 4.79 Å². The van der Waals surface area contributed by atoms with Gasteiger partial charge in [-0.15, -0.1) is 0 Å². The third-order valence-corrected chi connectivity index (χ3v) is 2.14. The molecule has 17 heavy (non-hydrogen) atoms. The standard InChI is InChI=1S/C10H16ClN5O/c1-6(2)14-8(17)5-16(3)9-7(12)4-13-10(11)15-9/h4,6H,5,12H2,1-3H3,(H,14,17). The van der Waals surface area contributed by atoms with Crippen LogP contribution in [0, 0.1) is 0 Å². The Labute approximate surface area is 105 Å². The molecule has 94 valence electrons. The first-order chi connectivity index (χ1) is 7.90. The van der Waals surface area contributed by atoms with E-state index in [-0.39, 0.29) is 23.8 Å². The van der Waals surface area contributed by atoms with E-state index in [0.717, 1.165) is 0 Å². The SMILES string of the molecule is CC(C)NC(=O)CN(C)c1nc(Cl)ncc1N. The van der Waals surface area contributed by atoms with E-state index in [1.165, 1.54) is 6.20 Å². The van der Waals surface area contributed by atoms with Crippen molar-refractivity contribution in [1.82, 2.24) is 15.3 Å². The number of rotatable bonds is 4. The van der Waals surface area contributed by atoms with Crippen molar-refractivity contribution >= 4 is 29.0 Å². The number of hydrogen-bond acceptors (Lipinski definition) is 5. The zero-order valence-electron chi connectivity index (χ0n) is 10.1. The number of hydrogen-bond donors (Lipinski definition) is 2. The van der Waals surface area contributed by atoms with Gasteiger partial charge in [-0.2, -0.15) is 4.98 Å². The summed E-state index contributed by atoms with van der Waals surface area (Å²) in [5, 5.41) is 2.88. The third kappa shape index (κ3) is 4.07. The molecule has 1 aromatic rings. The number of carbonyl (C=O) groups is 1. The molecule has 0 aliphatic rings. The van der Waals surface area contributed by atoms with E-state index in [2.05, 4.69) is 15.3 Å². The molecular formula is C10H16ClN5O. The van der Waals surface area contributed by atoms with Crippen LogP contribution < -0.4 is 16.0 Å². The number of anilines is 2. The number of aromatic nitrogens is 2. The van der Waals surface area contributed by atoms with Crippen LogP contribution >= 0.6 is 11.6 Å². The fourth-order valence-electron chi connectivity index (χ4n) is 1.33. The van der Waals surface area contributed by atoms with Crippen LogP contribution in [0.25, 0.3) is 0 Å². The lowest BCUT2D eigenvalue weighted by molar-refractivity contribution is -0.120. The second kappa shape index (κ2) is 5.67. The highest BCUT2D eigenvalue weighted by molar-refractivity contribution is 6.28. The predicted octanol–water partition coefficient (Wildman–Crippen LogP) is 0.673. The van der Waals surface area contributed by atoms with Crippen LogP contribution in [0.1, 0.15) is 13.8 Å². The first kappa shape index (κ1) is 13.5. The monoisotopic (exact) mass is 257 g/mol. The fraction of sp³-hybridized carbons (Fsp3) is 0.500. The van der Waals surface area contributed by atoms with Gasteiger partial charge in [0.2, 0.25) is 11.2 Å². The first-order valence-corrected chi connectivity index (χ1v) is 5.56. The van der Waals surface area contributed by atoms with Gasteiger partial charge in [-0.05, 0) is 25.4 Å². The van der Waals surface area contributed by atoms with Crippen LogP contribution in [0.15, 0.2) is 6.20 Å². The summed E-state index contributed by atoms with van der Waals surface area (Å²) in [6.45, 7) is 3.96. The molecule has 1 heterocycles. The molecule has 0 aliphatic heterocycles. The van der Waals surface area contributed by atoms with Crippen molar-refractivity contribution in [2.24, 2.45) is 0 Å². The molecule has 0 saturated heterocycles. The zero-order valence-corrected chi connectivity index (χ0v) is 10.8. The predicted molar refractivity (Wildman–Crippen MR) is 68.0 cm³/mol. The van der Waals surface area contributed by atoms with Crippen molar-refractivity contribution in [3.63, 3.8) is 0 Å². The minimum atomic E-state index is -0.100. The molecule has 0 aromatic carbocycles. The van der Waals surface area contributed by atoms with Crippen molar-refractivity contribution < 1.29 is 4.79 Å². The minimum Gasteiger partial charge on any atom is -0.394 e. The molecule has 0 spiro atoms. The molecule has 0 fully saturated rings. The van der Waals surface area contributed by atoms with Crippen LogP contribution in [0.3, 0.4) is 0 Å². The van der Waals surface area contributed by atoms with Crippen molar-refractivity contribution in [1.29, 1.82) is 0 Å². The number of nitrogens with two attached hydrogens (primary N) is 1. The van der Waals surface area contributed by atoms with Crippen molar-refractivity contribution in [3.8, 4) is 0 Å². The first-order valence-electron chi connectivity index (χ1n) is 5.18. The number of halogens is 1. The van der Waals surface area contributed by atoms with E-state index in [0.29, 0.717) is 11.5 Å². The highest BCUT2D eigenvalue weighted by Crippen LogP contribution is 2.19. The molecule has 6 nitrogen and oxygen atoms in total. The maximum atomic E-state index is 11.6. The Morgan fingerprint density at radius 1 is 1.65 bits per heavy atom. The molecule has 0 atom stereocenters. The van der Waals surface area contributed by atoms with E-state index < -0.39 is 0 Å². The topological polar surface area (TPSA) is 84.1 Å². The van der Waals surface area contributed by atoms with Crippen molar-refractivity contribution in [2.75, 3.05) is 24.2 Å². The molecular weight excluding hydrogens is 242 g/mol. The Kier molecular flexibility index (Phi) is 4.51. The summed E-state index contributed by atoms with van der Waals surface area (Å²) in [7, 11) is 1.72. The number of nitrogen functional groups attached to an aromatic ring is 1. The molecule has 0 radical (unpaired) electrons. The van der Waals surface area contributed by atoms with Crippen LogP contribution in [0.4, 0.5) is 11.5 Å². The number of amides is 1. The van der Waals surface area contributed by atoms with E-state index in [1.807, 2.05) is 13.8 Å². The number of nitrogens with zero attached hydrogens (tertiary/aromatic N) is 3. The second-order valence-electron chi connectivity index (χ2n) is 4.00. The number of nitrogens with one attached hydrogen (secondary N) is 1. The number of likely N-dealkylation sites (N-methyl/N-ethyl adjacent to an activating group) is 1. The molecule has 1 aromatic heterocycles. The zero-order chi connectivity index (χ0) is 13.0. The summed E-state index contributed by atoms with van der Waals surface area (Å²) in [5.41, 5.74) is 6.09. The van der Waals surface area contributed by atoms with Gasteiger partial charge in [0.25, 0.3) is 0 Å². The Morgan fingerprint density at radius 3 is 2.88 bits per heavy atom. The molecule has 0 saturated carbocycles. The van der Waals surface area contributed by atoms with Gasteiger partial charge in [-0.3, -0.25) is 4.79 Å². The third-order valence-electron chi connectivity index (χ3n) is 1.96. The Morgan fingerprint density at radius 2 is 2.29 bits per heavy atom.